The molecule has 0 bridgehead atoms. The summed E-state index contributed by atoms with van der Waals surface area (Å²) < 4.78 is 10.1. The van der Waals surface area contributed by atoms with Crippen LogP contribution in [0.4, 0.5) is 11.5 Å². The average Bonchev–Trinajstić information content (AvgIpc) is 2.60. The van der Waals surface area contributed by atoms with Crippen molar-refractivity contribution in [2.45, 2.75) is 12.8 Å². The van der Waals surface area contributed by atoms with Crippen molar-refractivity contribution >= 4 is 17.5 Å². The standard InChI is InChI=1S/C17H17N3O3/c1-22-17(21)6-3-11-23-15-9-7-13(8-10-15)19-16-5-2-4-14(12-18)20-16/h2,4-5,7-10H,3,6,11H2,1H3,(H,19,20). The van der Waals surface area contributed by atoms with E-state index in [0.29, 0.717) is 31.0 Å². The molecule has 0 amide bonds. The molecule has 1 heterocycles. The number of carbonyl (C=O) groups excluding carboxylic acids is 1. The van der Waals surface area contributed by atoms with Gasteiger partial charge in [-0.2, -0.15) is 5.26 Å². The molecule has 6 nitrogen and oxygen atoms in total. The third-order valence-corrected chi connectivity index (χ3v) is 3.01. The quantitative estimate of drug-likeness (QED) is 0.625. The van der Waals surface area contributed by atoms with Crippen molar-refractivity contribution in [3.05, 3.63) is 48.2 Å². The van der Waals surface area contributed by atoms with E-state index in [0.717, 1.165) is 11.4 Å². The fourth-order valence-electron chi connectivity index (χ4n) is 1.86. The highest BCUT2D eigenvalue weighted by molar-refractivity contribution is 5.69. The third kappa shape index (κ3) is 5.32. The third-order valence-electron chi connectivity index (χ3n) is 3.01. The van der Waals surface area contributed by atoms with Gasteiger partial charge >= 0.3 is 5.97 Å². The lowest BCUT2D eigenvalue weighted by Gasteiger charge is -2.08. The summed E-state index contributed by atoms with van der Waals surface area (Å²) in [6, 6.07) is 14.6. The van der Waals surface area contributed by atoms with Crippen molar-refractivity contribution in [1.29, 1.82) is 5.26 Å². The Kier molecular flexibility index (Phi) is 5.95. The zero-order valence-electron chi connectivity index (χ0n) is 12.8. The van der Waals surface area contributed by atoms with Crippen LogP contribution < -0.4 is 10.1 Å². The molecule has 6 heteroatoms. The van der Waals surface area contributed by atoms with Gasteiger partial charge in [0.05, 0.1) is 13.7 Å². The number of rotatable bonds is 7. The molecule has 23 heavy (non-hydrogen) atoms. The van der Waals surface area contributed by atoms with Gasteiger partial charge in [0.25, 0.3) is 0 Å². The number of carbonyl (C=O) groups is 1. The summed E-state index contributed by atoms with van der Waals surface area (Å²) in [4.78, 5) is 15.1. The summed E-state index contributed by atoms with van der Waals surface area (Å²) >= 11 is 0. The molecule has 0 unspecified atom stereocenters. The smallest absolute Gasteiger partial charge is 0.305 e. The highest BCUT2D eigenvalue weighted by atomic mass is 16.5. The summed E-state index contributed by atoms with van der Waals surface area (Å²) in [5.74, 6) is 1.09. The van der Waals surface area contributed by atoms with Crippen molar-refractivity contribution in [3.8, 4) is 11.8 Å². The Bertz CT molecular complexity index is 693. The van der Waals surface area contributed by atoms with Crippen LogP contribution in [0, 0.1) is 11.3 Å². The van der Waals surface area contributed by atoms with E-state index >= 15 is 0 Å². The second-order valence-electron chi connectivity index (χ2n) is 4.70. The molecule has 0 radical (unpaired) electrons. The first kappa shape index (κ1) is 16.3. The topological polar surface area (TPSA) is 84.2 Å². The van der Waals surface area contributed by atoms with Gasteiger partial charge in [0.2, 0.25) is 0 Å². The molecule has 2 aromatic rings. The van der Waals surface area contributed by atoms with Crippen molar-refractivity contribution in [3.63, 3.8) is 0 Å². The Morgan fingerprint density at radius 2 is 2.04 bits per heavy atom. The van der Waals surface area contributed by atoms with Crippen LogP contribution in [0.3, 0.4) is 0 Å². The van der Waals surface area contributed by atoms with E-state index in [-0.39, 0.29) is 5.97 Å². The SMILES string of the molecule is COC(=O)CCCOc1ccc(Nc2cccc(C#N)n2)cc1. The van der Waals surface area contributed by atoms with Gasteiger partial charge in [-0.1, -0.05) is 6.07 Å². The first-order valence-corrected chi connectivity index (χ1v) is 7.15. The normalized spacial score (nSPS) is 9.74. The number of pyridine rings is 1. The monoisotopic (exact) mass is 311 g/mol. The van der Waals surface area contributed by atoms with Crippen molar-refractivity contribution < 1.29 is 14.3 Å². The average molecular weight is 311 g/mol. The Hall–Kier alpha value is -3.07. The van der Waals surface area contributed by atoms with E-state index in [4.69, 9.17) is 10.00 Å². The van der Waals surface area contributed by atoms with Crippen LogP contribution in [0.25, 0.3) is 0 Å². The molecule has 1 aromatic carbocycles. The van der Waals surface area contributed by atoms with Gasteiger partial charge in [0, 0.05) is 12.1 Å². The highest BCUT2D eigenvalue weighted by Gasteiger charge is 2.01. The maximum Gasteiger partial charge on any atom is 0.305 e. The van der Waals surface area contributed by atoms with E-state index in [9.17, 15) is 4.79 Å². The van der Waals surface area contributed by atoms with Crippen LogP contribution in [0.15, 0.2) is 42.5 Å². The molecule has 0 aliphatic heterocycles. The van der Waals surface area contributed by atoms with Crippen LogP contribution in [0.1, 0.15) is 18.5 Å². The largest absolute Gasteiger partial charge is 0.494 e. The van der Waals surface area contributed by atoms with Crippen LogP contribution in [0.5, 0.6) is 5.75 Å². The summed E-state index contributed by atoms with van der Waals surface area (Å²) in [7, 11) is 1.37. The Labute approximate surface area is 134 Å². The van der Waals surface area contributed by atoms with Crippen LogP contribution >= 0.6 is 0 Å². The summed E-state index contributed by atoms with van der Waals surface area (Å²) in [5.41, 5.74) is 1.20. The molecule has 0 fully saturated rings. The zero-order valence-corrected chi connectivity index (χ0v) is 12.8. The number of hydrogen-bond acceptors (Lipinski definition) is 6. The first-order chi connectivity index (χ1) is 11.2. The number of nitrogens with one attached hydrogen (secondary N) is 1. The highest BCUT2D eigenvalue weighted by Crippen LogP contribution is 2.19. The van der Waals surface area contributed by atoms with Crippen LogP contribution in [-0.2, 0) is 9.53 Å². The van der Waals surface area contributed by atoms with Crippen molar-refractivity contribution in [2.24, 2.45) is 0 Å². The van der Waals surface area contributed by atoms with E-state index in [2.05, 4.69) is 15.0 Å². The molecular formula is C17H17N3O3. The Morgan fingerprint density at radius 3 is 2.74 bits per heavy atom. The Morgan fingerprint density at radius 1 is 1.26 bits per heavy atom. The van der Waals surface area contributed by atoms with Crippen LogP contribution in [0.2, 0.25) is 0 Å². The molecule has 0 atom stereocenters. The molecule has 0 saturated heterocycles. The van der Waals surface area contributed by atoms with Gasteiger partial charge in [-0.15, -0.1) is 0 Å². The molecule has 118 valence electrons. The molecule has 2 rings (SSSR count). The second kappa shape index (κ2) is 8.39. The molecule has 1 N–H and O–H groups in total. The summed E-state index contributed by atoms with van der Waals surface area (Å²) in [5, 5.41) is 11.9. The number of benzene rings is 1. The minimum Gasteiger partial charge on any atom is -0.494 e. The van der Waals surface area contributed by atoms with Gasteiger partial charge in [0.1, 0.15) is 23.3 Å². The maximum atomic E-state index is 11.0. The fourth-order valence-corrected chi connectivity index (χ4v) is 1.86. The zero-order chi connectivity index (χ0) is 16.5. The summed E-state index contributed by atoms with van der Waals surface area (Å²) in [6.45, 7) is 0.452. The van der Waals surface area contributed by atoms with Crippen molar-refractivity contribution in [2.75, 3.05) is 19.0 Å². The number of ether oxygens (including phenoxy) is 2. The number of nitrogens with zero attached hydrogens (tertiary/aromatic N) is 2. The van der Waals surface area contributed by atoms with Gasteiger partial charge in [-0.25, -0.2) is 4.98 Å². The number of anilines is 2. The first-order valence-electron chi connectivity index (χ1n) is 7.15. The molecule has 0 spiro atoms. The molecule has 0 saturated carbocycles. The van der Waals surface area contributed by atoms with Gasteiger partial charge < -0.3 is 14.8 Å². The number of methoxy groups -OCH3 is 1. The predicted octanol–water partition coefficient (Wildman–Crippen LogP) is 3.03. The molecule has 0 aliphatic carbocycles. The number of aromatic nitrogens is 1. The maximum absolute atomic E-state index is 11.0. The van der Waals surface area contributed by atoms with Gasteiger partial charge in [-0.05, 0) is 42.8 Å². The van der Waals surface area contributed by atoms with Gasteiger partial charge in [-0.3, -0.25) is 4.79 Å². The molecular weight excluding hydrogens is 294 g/mol. The van der Waals surface area contributed by atoms with Crippen LogP contribution in [-0.4, -0.2) is 24.7 Å². The lowest BCUT2D eigenvalue weighted by molar-refractivity contribution is -0.140. The number of nitriles is 1. The van der Waals surface area contributed by atoms with E-state index in [1.165, 1.54) is 7.11 Å². The Balaban J connectivity index is 1.84. The van der Waals surface area contributed by atoms with Crippen molar-refractivity contribution in [1.82, 2.24) is 4.98 Å². The van der Waals surface area contributed by atoms with Gasteiger partial charge in [0.15, 0.2) is 0 Å². The predicted molar refractivity (Wildman–Crippen MR) is 85.4 cm³/mol. The fraction of sp³-hybridized carbons (Fsp3) is 0.235. The minimum atomic E-state index is -0.236. The van der Waals surface area contributed by atoms with E-state index in [1.807, 2.05) is 30.3 Å². The minimum absolute atomic E-state index is 0.236. The van der Waals surface area contributed by atoms with E-state index in [1.54, 1.807) is 18.2 Å². The van der Waals surface area contributed by atoms with E-state index < -0.39 is 0 Å². The lowest BCUT2D eigenvalue weighted by Crippen LogP contribution is -2.04. The molecule has 0 aliphatic rings. The molecule has 1 aromatic heterocycles. The lowest BCUT2D eigenvalue weighted by atomic mass is 10.3. The number of hydrogen-bond donors (Lipinski definition) is 1. The second-order valence-corrected chi connectivity index (χ2v) is 4.70. The number of esters is 1. The summed E-state index contributed by atoms with van der Waals surface area (Å²) in [6.07, 6.45) is 0.953.